The van der Waals surface area contributed by atoms with Crippen molar-refractivity contribution in [1.29, 1.82) is 0 Å². The maximum absolute atomic E-state index is 12.5. The van der Waals surface area contributed by atoms with Crippen LogP contribution in [0.3, 0.4) is 0 Å². The van der Waals surface area contributed by atoms with Crippen LogP contribution in [0.1, 0.15) is 11.1 Å². The smallest absolute Gasteiger partial charge is 0.231 e. The van der Waals surface area contributed by atoms with Gasteiger partial charge in [0, 0.05) is 5.56 Å². The van der Waals surface area contributed by atoms with Gasteiger partial charge in [-0.2, -0.15) is 0 Å². The number of hydrogen-bond donors (Lipinski definition) is 1. The van der Waals surface area contributed by atoms with E-state index in [1.54, 1.807) is 42.5 Å². The molecule has 0 fully saturated rings. The van der Waals surface area contributed by atoms with Crippen LogP contribution in [0.2, 0.25) is 0 Å². The fraction of sp³-hybridized carbons (Fsp3) is 0.188. The van der Waals surface area contributed by atoms with Crippen molar-refractivity contribution in [3.63, 3.8) is 0 Å². The van der Waals surface area contributed by atoms with Crippen LogP contribution in [0, 0.1) is 6.92 Å². The summed E-state index contributed by atoms with van der Waals surface area (Å²) in [5, 5.41) is 12.4. The summed E-state index contributed by atoms with van der Waals surface area (Å²) in [6.45, 7) is 2.00. The molecule has 120 valence electrons. The van der Waals surface area contributed by atoms with Gasteiger partial charge in [-0.1, -0.05) is 22.9 Å². The van der Waals surface area contributed by atoms with Gasteiger partial charge in [0.05, 0.1) is 4.90 Å². The molecule has 6 nitrogen and oxygen atoms in total. The second kappa shape index (κ2) is 5.92. The van der Waals surface area contributed by atoms with Crippen molar-refractivity contribution >= 4 is 15.5 Å². The van der Waals surface area contributed by atoms with Gasteiger partial charge in [-0.05, 0) is 37.3 Å². The fourth-order valence-electron chi connectivity index (χ4n) is 2.25. The van der Waals surface area contributed by atoms with Gasteiger partial charge in [-0.15, -0.1) is 0 Å². The van der Waals surface area contributed by atoms with E-state index in [1.807, 2.05) is 6.92 Å². The zero-order valence-electron chi connectivity index (χ0n) is 12.4. The monoisotopic (exact) mass is 333 g/mol. The Labute approximate surface area is 133 Å². The largest absolute Gasteiger partial charge is 0.454 e. The van der Waals surface area contributed by atoms with Gasteiger partial charge in [0.25, 0.3) is 0 Å². The van der Waals surface area contributed by atoms with E-state index in [2.05, 4.69) is 5.16 Å². The molecule has 1 heterocycles. The van der Waals surface area contributed by atoms with E-state index in [-0.39, 0.29) is 17.4 Å². The molecule has 1 aliphatic rings. The molecule has 0 saturated heterocycles. The second-order valence-corrected chi connectivity index (χ2v) is 7.18. The highest BCUT2D eigenvalue weighted by atomic mass is 32.2. The Balaban J connectivity index is 1.89. The molecular weight excluding hydrogens is 318 g/mol. The number of hydrogen-bond acceptors (Lipinski definition) is 6. The third-order valence-corrected chi connectivity index (χ3v) is 5.18. The van der Waals surface area contributed by atoms with E-state index in [1.165, 1.54) is 0 Å². The molecule has 0 bridgehead atoms. The number of ether oxygens (including phenoxy) is 2. The van der Waals surface area contributed by atoms with E-state index in [0.717, 1.165) is 5.56 Å². The summed E-state index contributed by atoms with van der Waals surface area (Å²) < 4.78 is 35.4. The maximum atomic E-state index is 12.5. The number of rotatable bonds is 4. The third kappa shape index (κ3) is 3.14. The number of fused-ring (bicyclic) bond motifs is 1. The Morgan fingerprint density at radius 2 is 1.83 bits per heavy atom. The summed E-state index contributed by atoms with van der Waals surface area (Å²) >= 11 is 0. The van der Waals surface area contributed by atoms with Gasteiger partial charge in [0.2, 0.25) is 6.79 Å². The van der Waals surface area contributed by atoms with Gasteiger partial charge < -0.3 is 14.7 Å². The molecule has 23 heavy (non-hydrogen) atoms. The average molecular weight is 333 g/mol. The molecular formula is C16H15NO5S. The first-order valence-electron chi connectivity index (χ1n) is 6.90. The highest BCUT2D eigenvalue weighted by Crippen LogP contribution is 2.32. The number of nitrogens with zero attached hydrogens (tertiary/aromatic N) is 1. The van der Waals surface area contributed by atoms with Crippen molar-refractivity contribution in [2.75, 3.05) is 12.5 Å². The summed E-state index contributed by atoms with van der Waals surface area (Å²) in [5.41, 5.74) is 1.48. The summed E-state index contributed by atoms with van der Waals surface area (Å²) in [7, 11) is -3.61. The number of aryl methyl sites for hydroxylation is 1. The van der Waals surface area contributed by atoms with Gasteiger partial charge in [0.1, 0.15) is 11.5 Å². The van der Waals surface area contributed by atoms with Crippen molar-refractivity contribution in [2.45, 2.75) is 11.8 Å². The van der Waals surface area contributed by atoms with Crippen molar-refractivity contribution < 1.29 is 23.1 Å². The van der Waals surface area contributed by atoms with Gasteiger partial charge >= 0.3 is 0 Å². The molecule has 0 aromatic heterocycles. The first-order valence-corrected chi connectivity index (χ1v) is 8.55. The first kappa shape index (κ1) is 15.4. The fourth-order valence-corrected chi connectivity index (χ4v) is 3.56. The van der Waals surface area contributed by atoms with Crippen LogP contribution in [0.15, 0.2) is 52.5 Å². The molecule has 0 saturated carbocycles. The molecule has 0 unspecified atom stereocenters. The average Bonchev–Trinajstić information content (AvgIpc) is 3.00. The molecule has 0 radical (unpaired) electrons. The quantitative estimate of drug-likeness (QED) is 0.527. The second-order valence-electron chi connectivity index (χ2n) is 5.19. The van der Waals surface area contributed by atoms with Crippen LogP contribution in [-0.2, 0) is 9.84 Å². The van der Waals surface area contributed by atoms with E-state index >= 15 is 0 Å². The standard InChI is InChI=1S/C16H15NO5S/c1-11-2-5-13(6-3-11)23(19,20)9-14(17-18)12-4-7-15-16(8-12)22-10-21-15/h2-8,18H,9-10H2,1H3/b17-14-. The molecule has 0 spiro atoms. The van der Waals surface area contributed by atoms with Crippen LogP contribution >= 0.6 is 0 Å². The van der Waals surface area contributed by atoms with E-state index in [0.29, 0.717) is 17.1 Å². The SMILES string of the molecule is Cc1ccc(S(=O)(=O)C/C(=N/O)c2ccc3c(c2)OCO3)cc1. The minimum absolute atomic E-state index is 0.0453. The number of benzene rings is 2. The molecule has 0 atom stereocenters. The maximum Gasteiger partial charge on any atom is 0.231 e. The third-order valence-electron chi connectivity index (χ3n) is 3.53. The van der Waals surface area contributed by atoms with Gasteiger partial charge in [-0.25, -0.2) is 8.42 Å². The molecule has 2 aromatic carbocycles. The Kier molecular flexibility index (Phi) is 3.96. The Hall–Kier alpha value is -2.54. The minimum atomic E-state index is -3.61. The first-order chi connectivity index (χ1) is 11.0. The summed E-state index contributed by atoms with van der Waals surface area (Å²) in [4.78, 5) is 0.185. The normalized spacial score (nSPS) is 14.0. The Morgan fingerprint density at radius 1 is 1.13 bits per heavy atom. The summed E-state index contributed by atoms with van der Waals surface area (Å²) in [6.07, 6.45) is 0. The predicted octanol–water partition coefficient (Wildman–Crippen LogP) is 2.38. The van der Waals surface area contributed by atoms with Crippen molar-refractivity contribution in [1.82, 2.24) is 0 Å². The van der Waals surface area contributed by atoms with Gasteiger partial charge in [0.15, 0.2) is 21.3 Å². The lowest BCUT2D eigenvalue weighted by atomic mass is 10.1. The molecule has 3 rings (SSSR count). The van der Waals surface area contributed by atoms with Crippen LogP contribution in [0.5, 0.6) is 11.5 Å². The predicted molar refractivity (Wildman–Crippen MR) is 84.1 cm³/mol. The molecule has 7 heteroatoms. The highest BCUT2D eigenvalue weighted by molar-refractivity contribution is 7.92. The van der Waals surface area contributed by atoms with Crippen LogP contribution < -0.4 is 9.47 Å². The van der Waals surface area contributed by atoms with Crippen LogP contribution in [-0.4, -0.2) is 31.9 Å². The lowest BCUT2D eigenvalue weighted by molar-refractivity contribution is 0.174. The minimum Gasteiger partial charge on any atom is -0.454 e. The van der Waals surface area contributed by atoms with E-state index in [9.17, 15) is 13.6 Å². The molecule has 1 aliphatic heterocycles. The van der Waals surface area contributed by atoms with Crippen molar-refractivity contribution in [3.8, 4) is 11.5 Å². The Bertz CT molecular complexity index is 857. The molecule has 2 aromatic rings. The Morgan fingerprint density at radius 3 is 2.52 bits per heavy atom. The lowest BCUT2D eigenvalue weighted by Gasteiger charge is -2.08. The highest BCUT2D eigenvalue weighted by Gasteiger charge is 2.22. The molecule has 1 N–H and O–H groups in total. The van der Waals surface area contributed by atoms with Crippen molar-refractivity contribution in [3.05, 3.63) is 53.6 Å². The molecule has 0 amide bonds. The zero-order chi connectivity index (χ0) is 16.4. The summed E-state index contributed by atoms with van der Waals surface area (Å²) in [5.74, 6) is 0.662. The number of oxime groups is 1. The van der Waals surface area contributed by atoms with Crippen molar-refractivity contribution in [2.24, 2.45) is 5.16 Å². The summed E-state index contributed by atoms with van der Waals surface area (Å²) in [6, 6.07) is 11.4. The van der Waals surface area contributed by atoms with E-state index in [4.69, 9.17) is 9.47 Å². The van der Waals surface area contributed by atoms with E-state index < -0.39 is 15.6 Å². The lowest BCUT2D eigenvalue weighted by Crippen LogP contribution is -2.17. The topological polar surface area (TPSA) is 85.2 Å². The van der Waals surface area contributed by atoms with Crippen LogP contribution in [0.25, 0.3) is 0 Å². The molecule has 0 aliphatic carbocycles. The zero-order valence-corrected chi connectivity index (χ0v) is 13.2. The number of sulfone groups is 1. The van der Waals surface area contributed by atoms with Gasteiger partial charge in [-0.3, -0.25) is 0 Å². The van der Waals surface area contributed by atoms with Crippen LogP contribution in [0.4, 0.5) is 0 Å².